The molecule has 2 rings (SSSR count). The predicted molar refractivity (Wildman–Crippen MR) is 73.7 cm³/mol. The minimum atomic E-state index is 0.0420. The summed E-state index contributed by atoms with van der Waals surface area (Å²) in [4.78, 5) is 12.0. The Morgan fingerprint density at radius 2 is 1.94 bits per heavy atom. The number of benzene rings is 1. The number of nitrogens with two attached hydrogens (primary N) is 1. The topological polar surface area (TPSA) is 55.1 Å². The van der Waals surface area contributed by atoms with Gasteiger partial charge in [0.25, 0.3) is 5.91 Å². The van der Waals surface area contributed by atoms with Crippen LogP contribution < -0.4 is 11.1 Å². The monoisotopic (exact) mass is 246 g/mol. The molecule has 98 valence electrons. The molecule has 3 N–H and O–H groups in total. The van der Waals surface area contributed by atoms with Crippen LogP contribution in [0.25, 0.3) is 0 Å². The molecule has 18 heavy (non-hydrogen) atoms. The van der Waals surface area contributed by atoms with Crippen molar-refractivity contribution in [2.75, 3.05) is 13.1 Å². The first kappa shape index (κ1) is 13.1. The molecule has 3 heteroatoms. The fourth-order valence-corrected chi connectivity index (χ4v) is 2.45. The first-order chi connectivity index (χ1) is 8.81. The first-order valence-electron chi connectivity index (χ1n) is 6.91. The van der Waals surface area contributed by atoms with Gasteiger partial charge in [0.05, 0.1) is 0 Å². The molecule has 0 aliphatic heterocycles. The van der Waals surface area contributed by atoms with Crippen molar-refractivity contribution in [2.45, 2.75) is 38.5 Å². The van der Waals surface area contributed by atoms with Crippen LogP contribution in [0.3, 0.4) is 0 Å². The van der Waals surface area contributed by atoms with Gasteiger partial charge in [-0.15, -0.1) is 0 Å². The Bertz CT molecular complexity index is 415. The highest BCUT2D eigenvalue weighted by Gasteiger charge is 2.12. The molecule has 0 radical (unpaired) electrons. The number of fused-ring (bicyclic) bond motifs is 1. The molecule has 0 spiro atoms. The summed E-state index contributed by atoms with van der Waals surface area (Å²) in [5.41, 5.74) is 8.99. The largest absolute Gasteiger partial charge is 0.352 e. The molecule has 1 amide bonds. The average Bonchev–Trinajstić information content (AvgIpc) is 2.43. The van der Waals surface area contributed by atoms with E-state index in [-0.39, 0.29) is 5.91 Å². The number of carbonyl (C=O) groups excluding carboxylic acids is 1. The van der Waals surface area contributed by atoms with E-state index in [0.29, 0.717) is 13.1 Å². The van der Waals surface area contributed by atoms with Crippen molar-refractivity contribution in [1.29, 1.82) is 0 Å². The lowest BCUT2D eigenvalue weighted by Crippen LogP contribution is -2.25. The van der Waals surface area contributed by atoms with Crippen molar-refractivity contribution in [1.82, 2.24) is 5.32 Å². The molecule has 0 bridgehead atoms. The lowest BCUT2D eigenvalue weighted by atomic mass is 9.90. The molecule has 0 unspecified atom stereocenters. The van der Waals surface area contributed by atoms with Crippen molar-refractivity contribution < 1.29 is 4.79 Å². The van der Waals surface area contributed by atoms with E-state index in [2.05, 4.69) is 17.4 Å². The molecule has 0 saturated carbocycles. The number of carbonyl (C=O) groups is 1. The zero-order valence-corrected chi connectivity index (χ0v) is 10.9. The van der Waals surface area contributed by atoms with E-state index in [4.69, 9.17) is 5.73 Å². The van der Waals surface area contributed by atoms with Crippen LogP contribution in [-0.2, 0) is 12.8 Å². The van der Waals surface area contributed by atoms with E-state index in [1.807, 2.05) is 6.07 Å². The van der Waals surface area contributed by atoms with Gasteiger partial charge >= 0.3 is 0 Å². The second kappa shape index (κ2) is 6.55. The van der Waals surface area contributed by atoms with Crippen LogP contribution in [0.15, 0.2) is 18.2 Å². The Labute approximate surface area is 109 Å². The van der Waals surface area contributed by atoms with Crippen molar-refractivity contribution in [3.8, 4) is 0 Å². The van der Waals surface area contributed by atoms with E-state index in [1.54, 1.807) is 0 Å². The lowest BCUT2D eigenvalue weighted by Gasteiger charge is -2.16. The van der Waals surface area contributed by atoms with Gasteiger partial charge in [-0.05, 0) is 68.3 Å². The summed E-state index contributed by atoms with van der Waals surface area (Å²) in [6, 6.07) is 6.12. The van der Waals surface area contributed by atoms with E-state index >= 15 is 0 Å². The molecule has 3 nitrogen and oxygen atoms in total. The molecule has 0 atom stereocenters. The molecule has 1 aliphatic carbocycles. The van der Waals surface area contributed by atoms with E-state index < -0.39 is 0 Å². The molecule has 1 aromatic rings. The van der Waals surface area contributed by atoms with Crippen LogP contribution in [0.5, 0.6) is 0 Å². The Morgan fingerprint density at radius 1 is 1.17 bits per heavy atom. The standard InChI is InChI=1S/C15H22N2O/c16-9-3-4-10-17-15(18)14-8-7-12-5-1-2-6-13(12)11-14/h7-8,11H,1-6,9-10,16H2,(H,17,18). The predicted octanol–water partition coefficient (Wildman–Crippen LogP) is 2.03. The fraction of sp³-hybridized carbons (Fsp3) is 0.533. The Hall–Kier alpha value is -1.35. The fourth-order valence-electron chi connectivity index (χ4n) is 2.45. The Balaban J connectivity index is 1.94. The molecule has 0 aromatic heterocycles. The minimum Gasteiger partial charge on any atom is -0.352 e. The molecule has 0 saturated heterocycles. The SMILES string of the molecule is NCCCCNC(=O)c1ccc2c(c1)CCCC2. The molecular weight excluding hydrogens is 224 g/mol. The second-order valence-electron chi connectivity index (χ2n) is 4.94. The molecule has 0 heterocycles. The summed E-state index contributed by atoms with van der Waals surface area (Å²) < 4.78 is 0. The number of nitrogens with one attached hydrogen (secondary N) is 1. The van der Waals surface area contributed by atoms with Gasteiger partial charge in [0.15, 0.2) is 0 Å². The normalized spacial score (nSPS) is 14.1. The van der Waals surface area contributed by atoms with Gasteiger partial charge in [0.1, 0.15) is 0 Å². The number of hydrogen-bond donors (Lipinski definition) is 2. The van der Waals surface area contributed by atoms with Crippen molar-refractivity contribution in [3.05, 3.63) is 34.9 Å². The molecule has 1 aliphatic rings. The van der Waals surface area contributed by atoms with Crippen LogP contribution >= 0.6 is 0 Å². The van der Waals surface area contributed by atoms with Crippen molar-refractivity contribution in [2.24, 2.45) is 5.73 Å². The quantitative estimate of drug-likeness (QED) is 0.781. The van der Waals surface area contributed by atoms with Crippen LogP contribution in [0.1, 0.15) is 47.2 Å². The van der Waals surface area contributed by atoms with Gasteiger partial charge in [-0.1, -0.05) is 6.07 Å². The smallest absolute Gasteiger partial charge is 0.251 e. The lowest BCUT2D eigenvalue weighted by molar-refractivity contribution is 0.0953. The van der Waals surface area contributed by atoms with Gasteiger partial charge in [-0.25, -0.2) is 0 Å². The number of aryl methyl sites for hydroxylation is 2. The summed E-state index contributed by atoms with van der Waals surface area (Å²) in [6.07, 6.45) is 6.71. The highest BCUT2D eigenvalue weighted by atomic mass is 16.1. The summed E-state index contributed by atoms with van der Waals surface area (Å²) >= 11 is 0. The number of amides is 1. The highest BCUT2D eigenvalue weighted by molar-refractivity contribution is 5.94. The second-order valence-corrected chi connectivity index (χ2v) is 4.94. The zero-order valence-electron chi connectivity index (χ0n) is 10.9. The highest BCUT2D eigenvalue weighted by Crippen LogP contribution is 2.22. The summed E-state index contributed by atoms with van der Waals surface area (Å²) in [5.74, 6) is 0.0420. The number of hydrogen-bond acceptors (Lipinski definition) is 2. The van der Waals surface area contributed by atoms with Crippen LogP contribution in [0.2, 0.25) is 0 Å². The zero-order chi connectivity index (χ0) is 12.8. The first-order valence-corrected chi connectivity index (χ1v) is 6.91. The summed E-state index contributed by atoms with van der Waals surface area (Å²) in [5, 5.41) is 2.95. The Morgan fingerprint density at radius 3 is 2.72 bits per heavy atom. The van der Waals surface area contributed by atoms with Gasteiger partial charge < -0.3 is 11.1 Å². The van der Waals surface area contributed by atoms with Crippen LogP contribution in [-0.4, -0.2) is 19.0 Å². The summed E-state index contributed by atoms with van der Waals surface area (Å²) in [7, 11) is 0. The molecule has 1 aromatic carbocycles. The van der Waals surface area contributed by atoms with Gasteiger partial charge in [-0.3, -0.25) is 4.79 Å². The van der Waals surface area contributed by atoms with E-state index in [1.165, 1.54) is 24.0 Å². The Kier molecular flexibility index (Phi) is 4.76. The van der Waals surface area contributed by atoms with Gasteiger partial charge in [0, 0.05) is 12.1 Å². The van der Waals surface area contributed by atoms with E-state index in [0.717, 1.165) is 31.2 Å². The van der Waals surface area contributed by atoms with Crippen molar-refractivity contribution >= 4 is 5.91 Å². The minimum absolute atomic E-state index is 0.0420. The maximum absolute atomic E-state index is 12.0. The number of unbranched alkanes of at least 4 members (excludes halogenated alkanes) is 1. The third-order valence-electron chi connectivity index (χ3n) is 3.53. The third-order valence-corrected chi connectivity index (χ3v) is 3.53. The third kappa shape index (κ3) is 3.33. The average molecular weight is 246 g/mol. The van der Waals surface area contributed by atoms with Gasteiger partial charge in [-0.2, -0.15) is 0 Å². The van der Waals surface area contributed by atoms with Gasteiger partial charge in [0.2, 0.25) is 0 Å². The van der Waals surface area contributed by atoms with Crippen molar-refractivity contribution in [3.63, 3.8) is 0 Å². The van der Waals surface area contributed by atoms with Crippen LogP contribution in [0.4, 0.5) is 0 Å². The molecule has 0 fully saturated rings. The van der Waals surface area contributed by atoms with Crippen LogP contribution in [0, 0.1) is 0 Å². The maximum atomic E-state index is 12.0. The number of rotatable bonds is 5. The molecular formula is C15H22N2O. The van der Waals surface area contributed by atoms with E-state index in [9.17, 15) is 4.79 Å². The summed E-state index contributed by atoms with van der Waals surface area (Å²) in [6.45, 7) is 1.40. The maximum Gasteiger partial charge on any atom is 0.251 e.